The molecule has 2 atom stereocenters. The van der Waals surface area contributed by atoms with Gasteiger partial charge in [0, 0.05) is 18.5 Å². The lowest BCUT2D eigenvalue weighted by atomic mass is 9.89. The highest BCUT2D eigenvalue weighted by molar-refractivity contribution is 6.01. The number of halogens is 1. The van der Waals surface area contributed by atoms with Gasteiger partial charge >= 0.3 is 0 Å². The van der Waals surface area contributed by atoms with E-state index in [0.29, 0.717) is 17.8 Å². The molecule has 4 rings (SSSR count). The molecule has 0 saturated carbocycles. The number of anilines is 1. The molecule has 0 bridgehead atoms. The smallest absolute Gasteiger partial charge is 0.228 e. The van der Waals surface area contributed by atoms with E-state index in [9.17, 15) is 14.0 Å². The van der Waals surface area contributed by atoms with E-state index in [-0.39, 0.29) is 24.3 Å². The summed E-state index contributed by atoms with van der Waals surface area (Å²) >= 11 is 0. The Balaban J connectivity index is 1.43. The van der Waals surface area contributed by atoms with Crippen LogP contribution in [0.3, 0.4) is 0 Å². The van der Waals surface area contributed by atoms with Crippen molar-refractivity contribution < 1.29 is 18.7 Å². The third-order valence-corrected chi connectivity index (χ3v) is 4.59. The van der Waals surface area contributed by atoms with Crippen molar-refractivity contribution in [2.75, 3.05) is 11.9 Å². The number of ether oxygens (including phenoxy) is 1. The quantitative estimate of drug-likeness (QED) is 0.901. The largest absolute Gasteiger partial charge is 0.488 e. The van der Waals surface area contributed by atoms with Gasteiger partial charge in [0.25, 0.3) is 0 Å². The summed E-state index contributed by atoms with van der Waals surface area (Å²) in [7, 11) is 0. The van der Waals surface area contributed by atoms with E-state index in [1.807, 2.05) is 24.3 Å². The molecule has 128 valence electrons. The molecule has 2 unspecified atom stereocenters. The summed E-state index contributed by atoms with van der Waals surface area (Å²) in [6.45, 7) is 0.363. The average molecular weight is 340 g/mol. The molecule has 2 aliphatic heterocycles. The number of benzene rings is 2. The van der Waals surface area contributed by atoms with Crippen molar-refractivity contribution >= 4 is 17.5 Å². The Hall–Kier alpha value is -2.89. The first kappa shape index (κ1) is 15.6. The van der Waals surface area contributed by atoms with Gasteiger partial charge in [0.05, 0.1) is 12.5 Å². The van der Waals surface area contributed by atoms with Crippen molar-refractivity contribution in [3.05, 3.63) is 59.4 Å². The summed E-state index contributed by atoms with van der Waals surface area (Å²) in [5, 5.41) is 5.48. The van der Waals surface area contributed by atoms with Gasteiger partial charge < -0.3 is 15.4 Å². The van der Waals surface area contributed by atoms with Gasteiger partial charge in [-0.1, -0.05) is 24.3 Å². The van der Waals surface area contributed by atoms with Gasteiger partial charge in [0.15, 0.2) is 0 Å². The lowest BCUT2D eigenvalue weighted by Crippen LogP contribution is -2.39. The van der Waals surface area contributed by atoms with Crippen molar-refractivity contribution in [2.45, 2.75) is 24.9 Å². The molecule has 2 N–H and O–H groups in total. The van der Waals surface area contributed by atoms with Crippen LogP contribution in [0, 0.1) is 5.82 Å². The third kappa shape index (κ3) is 3.07. The van der Waals surface area contributed by atoms with E-state index in [4.69, 9.17) is 4.74 Å². The van der Waals surface area contributed by atoms with E-state index in [1.54, 1.807) is 6.07 Å². The first-order valence-corrected chi connectivity index (χ1v) is 8.22. The molecule has 2 aromatic rings. The van der Waals surface area contributed by atoms with Gasteiger partial charge in [-0.3, -0.25) is 9.59 Å². The lowest BCUT2D eigenvalue weighted by molar-refractivity contribution is -0.126. The molecule has 0 fully saturated rings. The SMILES string of the molecule is O=C1CC(C(=O)NCC2Cc3ccccc3O2)c2ccc(F)cc2N1. The number of amides is 2. The third-order valence-electron chi connectivity index (χ3n) is 4.59. The van der Waals surface area contributed by atoms with Crippen LogP contribution in [-0.2, 0) is 16.0 Å². The standard InChI is InChI=1S/C19H17FN2O3/c20-12-5-6-14-15(9-18(23)22-16(14)8-12)19(24)21-10-13-7-11-3-1-2-4-17(11)25-13/h1-6,8,13,15H,7,9-10H2,(H,21,24)(H,22,23). The van der Waals surface area contributed by atoms with Crippen LogP contribution < -0.4 is 15.4 Å². The average Bonchev–Trinajstić information content (AvgIpc) is 3.01. The fourth-order valence-electron chi connectivity index (χ4n) is 3.38. The highest BCUT2D eigenvalue weighted by Crippen LogP contribution is 2.33. The second-order valence-corrected chi connectivity index (χ2v) is 6.33. The maximum Gasteiger partial charge on any atom is 0.228 e. The maximum absolute atomic E-state index is 13.4. The first-order valence-electron chi connectivity index (χ1n) is 8.22. The highest BCUT2D eigenvalue weighted by Gasteiger charge is 2.32. The molecule has 2 amide bonds. The predicted molar refractivity (Wildman–Crippen MR) is 90.0 cm³/mol. The minimum atomic E-state index is -0.617. The minimum Gasteiger partial charge on any atom is -0.488 e. The fourth-order valence-corrected chi connectivity index (χ4v) is 3.38. The van der Waals surface area contributed by atoms with Crippen LogP contribution in [-0.4, -0.2) is 24.5 Å². The van der Waals surface area contributed by atoms with E-state index >= 15 is 0 Å². The molecule has 2 aromatic carbocycles. The molecule has 0 radical (unpaired) electrons. The monoisotopic (exact) mass is 340 g/mol. The summed E-state index contributed by atoms with van der Waals surface area (Å²) in [6.07, 6.45) is 0.672. The molecule has 5 nitrogen and oxygen atoms in total. The summed E-state index contributed by atoms with van der Waals surface area (Å²) in [4.78, 5) is 24.4. The Morgan fingerprint density at radius 1 is 1.24 bits per heavy atom. The van der Waals surface area contributed by atoms with Gasteiger partial charge in [0.2, 0.25) is 11.8 Å². The van der Waals surface area contributed by atoms with Crippen LogP contribution in [0.1, 0.15) is 23.5 Å². The van der Waals surface area contributed by atoms with Crippen LogP contribution >= 0.6 is 0 Å². The Bertz CT molecular complexity index is 827. The maximum atomic E-state index is 13.4. The van der Waals surface area contributed by atoms with Crippen molar-refractivity contribution in [1.82, 2.24) is 5.32 Å². The fraction of sp³-hybridized carbons (Fsp3) is 0.263. The Morgan fingerprint density at radius 3 is 2.92 bits per heavy atom. The van der Waals surface area contributed by atoms with Gasteiger partial charge in [-0.05, 0) is 29.3 Å². The number of carbonyl (C=O) groups is 2. The summed E-state index contributed by atoms with van der Waals surface area (Å²) < 4.78 is 19.2. The number of rotatable bonds is 3. The van der Waals surface area contributed by atoms with Crippen LogP contribution in [0.2, 0.25) is 0 Å². The normalized spacial score (nSPS) is 20.9. The van der Waals surface area contributed by atoms with Crippen LogP contribution in [0.5, 0.6) is 5.75 Å². The summed E-state index contributed by atoms with van der Waals surface area (Å²) in [5.41, 5.74) is 2.12. The molecule has 2 heterocycles. The van der Waals surface area contributed by atoms with Gasteiger partial charge in [-0.25, -0.2) is 4.39 Å². The van der Waals surface area contributed by atoms with Crippen molar-refractivity contribution in [2.24, 2.45) is 0 Å². The summed E-state index contributed by atoms with van der Waals surface area (Å²) in [6, 6.07) is 11.9. The number of nitrogens with one attached hydrogen (secondary N) is 2. The van der Waals surface area contributed by atoms with Crippen LogP contribution in [0.4, 0.5) is 10.1 Å². The number of carbonyl (C=O) groups excluding carboxylic acids is 2. The molecule has 0 aromatic heterocycles. The Morgan fingerprint density at radius 2 is 2.08 bits per heavy atom. The molecule has 6 heteroatoms. The zero-order chi connectivity index (χ0) is 17.4. The molecule has 0 saturated heterocycles. The summed E-state index contributed by atoms with van der Waals surface area (Å²) in [5.74, 6) is -0.755. The van der Waals surface area contributed by atoms with E-state index in [1.165, 1.54) is 12.1 Å². The molecule has 25 heavy (non-hydrogen) atoms. The molecular formula is C19H17FN2O3. The van der Waals surface area contributed by atoms with E-state index < -0.39 is 11.7 Å². The van der Waals surface area contributed by atoms with Crippen molar-refractivity contribution in [1.29, 1.82) is 0 Å². The van der Waals surface area contributed by atoms with Crippen molar-refractivity contribution in [3.8, 4) is 5.75 Å². The zero-order valence-electron chi connectivity index (χ0n) is 13.4. The second-order valence-electron chi connectivity index (χ2n) is 6.33. The van der Waals surface area contributed by atoms with E-state index in [0.717, 1.165) is 17.7 Å². The number of para-hydroxylation sites is 1. The number of hydrogen-bond acceptors (Lipinski definition) is 3. The van der Waals surface area contributed by atoms with Crippen LogP contribution in [0.25, 0.3) is 0 Å². The first-order chi connectivity index (χ1) is 12.1. The van der Waals surface area contributed by atoms with Gasteiger partial charge in [0.1, 0.15) is 17.7 Å². The number of hydrogen-bond donors (Lipinski definition) is 2. The van der Waals surface area contributed by atoms with Gasteiger partial charge in [-0.2, -0.15) is 0 Å². The molecular weight excluding hydrogens is 323 g/mol. The minimum absolute atomic E-state index is 0.0518. The Kier molecular flexibility index (Phi) is 3.87. The van der Waals surface area contributed by atoms with Crippen molar-refractivity contribution in [3.63, 3.8) is 0 Å². The van der Waals surface area contributed by atoms with Crippen LogP contribution in [0.15, 0.2) is 42.5 Å². The Labute approximate surface area is 144 Å². The highest BCUT2D eigenvalue weighted by atomic mass is 19.1. The predicted octanol–water partition coefficient (Wildman–Crippen LogP) is 2.37. The lowest BCUT2D eigenvalue weighted by Gasteiger charge is -2.25. The van der Waals surface area contributed by atoms with Gasteiger partial charge in [-0.15, -0.1) is 0 Å². The van der Waals surface area contributed by atoms with E-state index in [2.05, 4.69) is 10.6 Å². The topological polar surface area (TPSA) is 67.4 Å². The zero-order valence-corrected chi connectivity index (χ0v) is 13.4. The molecule has 0 spiro atoms. The molecule has 0 aliphatic carbocycles. The molecule has 2 aliphatic rings. The number of fused-ring (bicyclic) bond motifs is 2. The second kappa shape index (κ2) is 6.20.